The minimum atomic E-state index is -0.849. The van der Waals surface area contributed by atoms with Crippen molar-refractivity contribution < 1.29 is 37.7 Å². The first-order valence-corrected chi connectivity index (χ1v) is 23.9. The van der Waals surface area contributed by atoms with Gasteiger partial charge in [0, 0.05) is 99.0 Å². The summed E-state index contributed by atoms with van der Waals surface area (Å²) in [6.45, 7) is 23.0. The Kier molecular flexibility index (Phi) is 18.8. The first-order chi connectivity index (χ1) is 35.9. The molecule has 7 heterocycles. The second kappa shape index (κ2) is 25.1. The molecule has 2 aliphatic rings. The molecular formula is C53H63F2N15O6. The maximum atomic E-state index is 15.0. The van der Waals surface area contributed by atoms with Gasteiger partial charge in [-0.1, -0.05) is 30.5 Å². The lowest BCUT2D eigenvalue weighted by Crippen LogP contribution is -2.38. The quantitative estimate of drug-likeness (QED) is 0.0505. The zero-order valence-electron chi connectivity index (χ0n) is 42.8. The van der Waals surface area contributed by atoms with Crippen molar-refractivity contribution in [1.82, 2.24) is 48.3 Å². The van der Waals surface area contributed by atoms with E-state index in [2.05, 4.69) is 59.0 Å². The number of ketones is 1. The monoisotopic (exact) mass is 1040 g/mol. The van der Waals surface area contributed by atoms with E-state index >= 15 is 4.39 Å². The topological polar surface area (TPSA) is 217 Å². The summed E-state index contributed by atoms with van der Waals surface area (Å²) in [5.74, 6) is 0.766. The van der Waals surface area contributed by atoms with E-state index in [1.165, 1.54) is 39.9 Å². The zero-order valence-corrected chi connectivity index (χ0v) is 42.8. The van der Waals surface area contributed by atoms with Crippen molar-refractivity contribution in [2.75, 3.05) is 71.3 Å². The number of carbonyl (C=O) groups excluding carboxylic acids is 2. The van der Waals surface area contributed by atoms with E-state index < -0.39 is 17.5 Å². The van der Waals surface area contributed by atoms with Gasteiger partial charge in [-0.3, -0.25) is 18.3 Å². The number of nitrogens with zero attached hydrogens (tertiary/aromatic N) is 13. The number of rotatable bonds is 15. The number of benzene rings is 2. The number of imidazole rings is 2. The molecule has 0 radical (unpaired) electrons. The second-order valence-electron chi connectivity index (χ2n) is 18.7. The van der Waals surface area contributed by atoms with Gasteiger partial charge in [0.1, 0.15) is 34.3 Å². The maximum Gasteiger partial charge on any atom is 0.417 e. The largest absolute Gasteiger partial charge is 0.493 e. The number of hydrogen-bond donors (Lipinski definition) is 3. The number of hydrogen-bond acceptors (Lipinski definition) is 15. The summed E-state index contributed by atoms with van der Waals surface area (Å²) < 4.78 is 51.0. The first-order valence-electron chi connectivity index (χ1n) is 23.9. The lowest BCUT2D eigenvalue weighted by molar-refractivity contribution is 0.0574. The van der Waals surface area contributed by atoms with E-state index in [4.69, 9.17) is 33.1 Å². The maximum absolute atomic E-state index is 15.0. The van der Waals surface area contributed by atoms with E-state index in [0.29, 0.717) is 72.4 Å². The van der Waals surface area contributed by atoms with Gasteiger partial charge >= 0.3 is 6.09 Å². The van der Waals surface area contributed by atoms with E-state index in [1.807, 2.05) is 0 Å². The fraction of sp³-hybridized carbons (Fsp3) is 0.377. The molecule has 0 bridgehead atoms. The standard InChI is InChI=1S/C26H27FN6O4.C21H18FN7O2.C5H14N2.CH4/c1-26(2,3)37-25(35)33(14-18-16-10-12-36-21(16)8-7-19(18)27)24-29-13-17(20(34)9-11-31(5)6)23-30-22(28-4)15-32(23)24;1-23-19-12-28-20(27-19)15(17-4-6-26-29(17)7-8-30)11-25-21(28)24-10-14-13-5-9-31-18(13)3-2-16(14)22;1-7(2)5-3-4-6;/h7-9,11,13,15H,10,12,14H2,1-3,5-6H3;2-4,6,11-12,30H,5,7-10H2,(H,24,25);3-6H2,1-2H3;1H4/b11-9+;;;. The van der Waals surface area contributed by atoms with Crippen LogP contribution < -0.4 is 25.4 Å². The molecule has 400 valence electrons. The number of fused-ring (bicyclic) bond motifs is 4. The Morgan fingerprint density at radius 1 is 0.908 bits per heavy atom. The summed E-state index contributed by atoms with van der Waals surface area (Å²) in [4.78, 5) is 55.7. The van der Waals surface area contributed by atoms with Crippen LogP contribution in [-0.2, 0) is 37.2 Å². The Hall–Kier alpha value is -8.51. The molecule has 2 aliphatic heterocycles. The van der Waals surface area contributed by atoms with Crippen LogP contribution in [0.1, 0.15) is 67.2 Å². The molecule has 0 saturated carbocycles. The van der Waals surface area contributed by atoms with E-state index in [1.54, 1.807) is 91.8 Å². The van der Waals surface area contributed by atoms with Crippen molar-refractivity contribution >= 4 is 46.7 Å². The highest BCUT2D eigenvalue weighted by atomic mass is 19.1. The van der Waals surface area contributed by atoms with Crippen LogP contribution in [0.4, 0.5) is 37.1 Å². The average Bonchev–Trinajstić information content (AvgIpc) is 4.25. The number of anilines is 2. The van der Waals surface area contributed by atoms with Crippen molar-refractivity contribution in [2.45, 2.75) is 72.7 Å². The Bertz CT molecular complexity index is 3310. The summed E-state index contributed by atoms with van der Waals surface area (Å²) in [7, 11) is 7.65. The normalized spacial score (nSPS) is 12.3. The number of nitrogens with one attached hydrogen (secondary N) is 1. The number of allylic oxidation sites excluding steroid dienone is 1. The second-order valence-corrected chi connectivity index (χ2v) is 18.7. The SMILES string of the molecule is C.CN(C)CCCN.[C-]#[N+]c1cn2c(N(Cc3c(F)ccc4c3CCO4)C(=O)OC(C)(C)C)ncc(C(=O)/C=C/N(C)C)c2n1.[C-]#[N+]c1cn2c(NCc3c(F)ccc4c3CCO4)ncc(-c3ccnn3CCO)c2n1. The average molecular weight is 1040 g/mol. The van der Waals surface area contributed by atoms with Crippen LogP contribution in [0.3, 0.4) is 0 Å². The molecule has 2 aromatic carbocycles. The van der Waals surface area contributed by atoms with E-state index in [9.17, 15) is 19.1 Å². The van der Waals surface area contributed by atoms with Crippen molar-refractivity contribution in [3.63, 3.8) is 0 Å². The Morgan fingerprint density at radius 2 is 1.54 bits per heavy atom. The summed E-state index contributed by atoms with van der Waals surface area (Å²) in [5, 5.41) is 16.7. The van der Waals surface area contributed by atoms with Crippen LogP contribution >= 0.6 is 0 Å². The molecule has 0 aliphatic carbocycles. The van der Waals surface area contributed by atoms with Gasteiger partial charge in [-0.25, -0.2) is 28.4 Å². The molecule has 0 saturated heterocycles. The Balaban J connectivity index is 0.000000219. The number of aromatic nitrogens is 8. The molecule has 0 spiro atoms. The number of halogens is 2. The van der Waals surface area contributed by atoms with Gasteiger partial charge in [-0.05, 0) is 84.7 Å². The van der Waals surface area contributed by atoms with E-state index in [-0.39, 0.29) is 73.1 Å². The molecule has 7 aromatic rings. The lowest BCUT2D eigenvalue weighted by atomic mass is 10.0. The van der Waals surface area contributed by atoms with Crippen molar-refractivity contribution in [3.05, 3.63) is 136 Å². The molecule has 0 unspecified atom stereocenters. The molecule has 4 N–H and O–H groups in total. The fourth-order valence-corrected chi connectivity index (χ4v) is 8.11. The van der Waals surface area contributed by atoms with Crippen LogP contribution in [0.15, 0.2) is 73.6 Å². The lowest BCUT2D eigenvalue weighted by Gasteiger charge is -2.27. The fourth-order valence-electron chi connectivity index (χ4n) is 8.11. The van der Waals surface area contributed by atoms with Crippen LogP contribution in [0, 0.1) is 24.8 Å². The van der Waals surface area contributed by atoms with Crippen LogP contribution in [0.25, 0.3) is 32.2 Å². The molecule has 0 atom stereocenters. The summed E-state index contributed by atoms with van der Waals surface area (Å²) in [6, 6.07) is 7.72. The molecule has 0 fully saturated rings. The van der Waals surface area contributed by atoms with Gasteiger partial charge in [-0.15, -0.1) is 0 Å². The molecule has 76 heavy (non-hydrogen) atoms. The molecule has 1 amide bonds. The van der Waals surface area contributed by atoms with Gasteiger partial charge in [0.2, 0.25) is 23.2 Å². The predicted octanol–water partition coefficient (Wildman–Crippen LogP) is 7.91. The summed E-state index contributed by atoms with van der Waals surface area (Å²) >= 11 is 0. The van der Waals surface area contributed by atoms with Gasteiger partial charge in [-0.2, -0.15) is 5.10 Å². The molecule has 5 aromatic heterocycles. The number of aliphatic hydroxyl groups excluding tert-OH is 1. The van der Waals surface area contributed by atoms with Crippen molar-refractivity contribution in [2.24, 2.45) is 5.73 Å². The Labute approximate surface area is 439 Å². The Morgan fingerprint density at radius 3 is 2.13 bits per heavy atom. The first kappa shape index (κ1) is 56.8. The van der Waals surface area contributed by atoms with Gasteiger partial charge in [0.15, 0.2) is 5.78 Å². The van der Waals surface area contributed by atoms with Gasteiger partial charge in [0.05, 0.1) is 44.2 Å². The zero-order chi connectivity index (χ0) is 54.0. The molecule has 23 heteroatoms. The number of ether oxygens (including phenoxy) is 3. The molecular weight excluding hydrogens is 981 g/mol. The highest BCUT2D eigenvalue weighted by Crippen LogP contribution is 2.35. The number of amides is 1. The number of nitrogens with two attached hydrogens (primary N) is 1. The van der Waals surface area contributed by atoms with Crippen LogP contribution in [-0.4, -0.2) is 132 Å². The van der Waals surface area contributed by atoms with Crippen LogP contribution in [0.2, 0.25) is 0 Å². The highest BCUT2D eigenvalue weighted by Gasteiger charge is 2.32. The molecule has 9 rings (SSSR count). The van der Waals surface area contributed by atoms with Gasteiger partial charge < -0.3 is 49.9 Å². The summed E-state index contributed by atoms with van der Waals surface area (Å²) in [5.41, 5.74) is 8.94. The van der Waals surface area contributed by atoms with Crippen LogP contribution in [0.5, 0.6) is 11.5 Å². The highest BCUT2D eigenvalue weighted by molar-refractivity contribution is 6.09. The third-order valence-electron chi connectivity index (χ3n) is 11.5. The number of aliphatic hydroxyl groups is 1. The smallest absolute Gasteiger partial charge is 0.417 e. The minimum Gasteiger partial charge on any atom is -0.493 e. The van der Waals surface area contributed by atoms with Crippen molar-refractivity contribution in [1.29, 1.82) is 0 Å². The third-order valence-corrected chi connectivity index (χ3v) is 11.5. The number of carbonyl (C=O) groups is 2. The third kappa shape index (κ3) is 13.2. The van der Waals surface area contributed by atoms with Gasteiger partial charge in [0.25, 0.3) is 11.6 Å². The molecule has 21 nitrogen and oxygen atoms in total. The summed E-state index contributed by atoms with van der Waals surface area (Å²) in [6.07, 6.45) is 11.9. The van der Waals surface area contributed by atoms with E-state index in [0.717, 1.165) is 30.8 Å². The predicted molar refractivity (Wildman–Crippen MR) is 284 cm³/mol. The van der Waals surface area contributed by atoms with Crippen molar-refractivity contribution in [3.8, 4) is 22.8 Å². The minimum absolute atomic E-state index is 0.